The zero-order valence-electron chi connectivity index (χ0n) is 18.0. The van der Waals surface area contributed by atoms with Crippen LogP contribution in [0.25, 0.3) is 0 Å². The predicted molar refractivity (Wildman–Crippen MR) is 141 cm³/mol. The van der Waals surface area contributed by atoms with E-state index in [2.05, 4.69) is 16.7 Å². The molecule has 1 aliphatic carbocycles. The first-order valence-corrected chi connectivity index (χ1v) is 12.2. The number of carbonyl (C=O) groups excluding carboxylic acids is 2. The average molecular weight is 568 g/mol. The van der Waals surface area contributed by atoms with Gasteiger partial charge in [-0.1, -0.05) is 46.9 Å². The minimum Gasteiger partial charge on any atom is -0.326 e. The largest absolute Gasteiger partial charge is 0.326 e. The smallest absolute Gasteiger partial charge is 0.257 e. The Labute approximate surface area is 226 Å². The number of benzene rings is 3. The molecule has 1 fully saturated rings. The molecule has 5 nitrogen and oxygen atoms in total. The Morgan fingerprint density at radius 3 is 2.31 bits per heavy atom. The van der Waals surface area contributed by atoms with Crippen LogP contribution in [0.2, 0.25) is 15.1 Å². The highest BCUT2D eigenvalue weighted by Gasteiger charge is 2.67. The lowest BCUT2D eigenvalue weighted by Gasteiger charge is -2.12. The van der Waals surface area contributed by atoms with Crippen LogP contribution >= 0.6 is 58.0 Å². The van der Waals surface area contributed by atoms with Crippen LogP contribution in [-0.2, 0) is 4.79 Å². The Hall–Kier alpha value is -2.46. The highest BCUT2D eigenvalue weighted by molar-refractivity contribution is 6.53. The highest BCUT2D eigenvalue weighted by atomic mass is 35.5. The zero-order valence-corrected chi connectivity index (χ0v) is 21.8. The van der Waals surface area contributed by atoms with Crippen LogP contribution in [-0.4, -0.2) is 16.1 Å². The molecule has 178 valence electrons. The van der Waals surface area contributed by atoms with E-state index in [1.54, 1.807) is 49.4 Å². The minimum absolute atomic E-state index is 0.117. The topological polar surface area (TPSA) is 82.0 Å². The van der Waals surface area contributed by atoms with Gasteiger partial charge in [0.1, 0.15) is 10.4 Å². The Balaban J connectivity index is 1.53. The number of halogens is 5. The standard InChI is InChI=1S/C25H16Cl5N3O2/c1-12-3-2-4-20(18(12)11-31)33-23(34)17-10-16(5-6-19(17)28)32-24(35)22-21(25(22,29)30)13-7-14(26)9-15(27)8-13/h2-10,21-22H,1H3,(H,32,35)(H,33,34). The van der Waals surface area contributed by atoms with Crippen LogP contribution in [0.1, 0.15) is 33.0 Å². The second kappa shape index (κ2) is 9.89. The molecule has 0 aliphatic heterocycles. The summed E-state index contributed by atoms with van der Waals surface area (Å²) in [5.74, 6) is -2.24. The maximum Gasteiger partial charge on any atom is 0.257 e. The maximum absolute atomic E-state index is 13.0. The Morgan fingerprint density at radius 1 is 0.971 bits per heavy atom. The molecule has 3 aromatic carbocycles. The van der Waals surface area contributed by atoms with E-state index in [0.29, 0.717) is 32.5 Å². The number of aryl methyl sites for hydroxylation is 1. The molecule has 2 atom stereocenters. The number of nitrogens with one attached hydrogen (secondary N) is 2. The van der Waals surface area contributed by atoms with Crippen molar-refractivity contribution >= 4 is 81.2 Å². The molecule has 4 rings (SSSR count). The van der Waals surface area contributed by atoms with Gasteiger partial charge in [0.2, 0.25) is 5.91 Å². The SMILES string of the molecule is Cc1cccc(NC(=O)c2cc(NC(=O)C3C(c4cc(Cl)cc(Cl)c4)C3(Cl)Cl)ccc2Cl)c1C#N. The van der Waals surface area contributed by atoms with Crippen molar-refractivity contribution in [2.75, 3.05) is 10.6 Å². The summed E-state index contributed by atoms with van der Waals surface area (Å²) in [5, 5.41) is 15.8. The lowest BCUT2D eigenvalue weighted by Crippen LogP contribution is -2.18. The van der Waals surface area contributed by atoms with E-state index in [0.717, 1.165) is 5.56 Å². The second-order valence-electron chi connectivity index (χ2n) is 8.08. The third-order valence-corrected chi connectivity index (χ3v) is 7.40. The average Bonchev–Trinajstić information content (AvgIpc) is 3.36. The third-order valence-electron chi connectivity index (χ3n) is 5.69. The van der Waals surface area contributed by atoms with Crippen LogP contribution in [0.15, 0.2) is 54.6 Å². The van der Waals surface area contributed by atoms with Crippen molar-refractivity contribution in [1.82, 2.24) is 0 Å². The van der Waals surface area contributed by atoms with Gasteiger partial charge in [0.15, 0.2) is 0 Å². The summed E-state index contributed by atoms with van der Waals surface area (Å²) in [4.78, 5) is 25.9. The normalized spacial score (nSPS) is 17.9. The van der Waals surface area contributed by atoms with Crippen LogP contribution in [0, 0.1) is 24.2 Å². The fourth-order valence-electron chi connectivity index (χ4n) is 3.93. The van der Waals surface area contributed by atoms with Crippen molar-refractivity contribution in [3.8, 4) is 6.07 Å². The van der Waals surface area contributed by atoms with E-state index in [9.17, 15) is 14.9 Å². The molecule has 2 unspecified atom stereocenters. The number of anilines is 2. The number of hydrogen-bond acceptors (Lipinski definition) is 3. The van der Waals surface area contributed by atoms with Gasteiger partial charge in [0, 0.05) is 21.7 Å². The fourth-order valence-corrected chi connectivity index (χ4v) is 5.50. The molecule has 3 aromatic rings. The number of amides is 2. The number of rotatable bonds is 5. The summed E-state index contributed by atoms with van der Waals surface area (Å²) >= 11 is 31.2. The molecule has 1 aliphatic rings. The molecule has 0 heterocycles. The van der Waals surface area contributed by atoms with Gasteiger partial charge < -0.3 is 10.6 Å². The van der Waals surface area contributed by atoms with Gasteiger partial charge in [-0.25, -0.2) is 0 Å². The molecule has 1 saturated carbocycles. The molecular weight excluding hydrogens is 552 g/mol. The second-order valence-corrected chi connectivity index (χ2v) is 10.8. The van der Waals surface area contributed by atoms with Crippen molar-refractivity contribution in [3.63, 3.8) is 0 Å². The zero-order chi connectivity index (χ0) is 25.5. The van der Waals surface area contributed by atoms with Crippen molar-refractivity contribution in [2.24, 2.45) is 5.92 Å². The van der Waals surface area contributed by atoms with E-state index in [4.69, 9.17) is 58.0 Å². The van der Waals surface area contributed by atoms with Crippen molar-refractivity contribution in [2.45, 2.75) is 17.2 Å². The number of carbonyl (C=O) groups is 2. The molecule has 2 amide bonds. The predicted octanol–water partition coefficient (Wildman–Crippen LogP) is 7.61. The van der Waals surface area contributed by atoms with E-state index >= 15 is 0 Å². The number of alkyl halides is 2. The highest BCUT2D eigenvalue weighted by Crippen LogP contribution is 2.65. The van der Waals surface area contributed by atoms with Gasteiger partial charge in [0.25, 0.3) is 5.91 Å². The Kier molecular flexibility index (Phi) is 7.24. The summed E-state index contributed by atoms with van der Waals surface area (Å²) in [6.45, 7) is 1.77. The molecule has 10 heteroatoms. The van der Waals surface area contributed by atoms with E-state index < -0.39 is 28.0 Å². The maximum atomic E-state index is 13.0. The van der Waals surface area contributed by atoms with Gasteiger partial charge in [-0.05, 0) is 60.5 Å². The van der Waals surface area contributed by atoms with E-state index in [-0.39, 0.29) is 10.6 Å². The van der Waals surface area contributed by atoms with Crippen LogP contribution in [0.5, 0.6) is 0 Å². The quantitative estimate of drug-likeness (QED) is 0.312. The summed E-state index contributed by atoms with van der Waals surface area (Å²) in [6.07, 6.45) is 0. The number of hydrogen-bond donors (Lipinski definition) is 2. The molecule has 0 radical (unpaired) electrons. The van der Waals surface area contributed by atoms with Crippen LogP contribution in [0.4, 0.5) is 11.4 Å². The number of nitrogens with zero attached hydrogens (tertiary/aromatic N) is 1. The van der Waals surface area contributed by atoms with Gasteiger partial charge >= 0.3 is 0 Å². The van der Waals surface area contributed by atoms with Crippen molar-refractivity contribution in [3.05, 3.63) is 91.9 Å². The first kappa shape index (κ1) is 25.6. The Bertz CT molecular complexity index is 1380. The number of nitriles is 1. The first-order valence-electron chi connectivity index (χ1n) is 10.3. The summed E-state index contributed by atoms with van der Waals surface area (Å²) in [6, 6.07) is 16.6. The monoisotopic (exact) mass is 565 g/mol. The summed E-state index contributed by atoms with van der Waals surface area (Å²) in [5.41, 5.74) is 2.53. The van der Waals surface area contributed by atoms with Gasteiger partial charge in [-0.2, -0.15) is 5.26 Å². The molecule has 35 heavy (non-hydrogen) atoms. The third kappa shape index (κ3) is 5.23. The van der Waals surface area contributed by atoms with Gasteiger partial charge in [0.05, 0.1) is 27.8 Å². The summed E-state index contributed by atoms with van der Waals surface area (Å²) in [7, 11) is 0. The van der Waals surface area contributed by atoms with E-state index in [1.807, 2.05) is 0 Å². The van der Waals surface area contributed by atoms with Crippen LogP contribution < -0.4 is 10.6 Å². The summed E-state index contributed by atoms with van der Waals surface area (Å²) < 4.78 is -1.34. The molecule has 0 spiro atoms. The first-order chi connectivity index (χ1) is 16.5. The minimum atomic E-state index is -1.34. The van der Waals surface area contributed by atoms with Crippen LogP contribution in [0.3, 0.4) is 0 Å². The lowest BCUT2D eigenvalue weighted by molar-refractivity contribution is -0.117. The van der Waals surface area contributed by atoms with Crippen molar-refractivity contribution in [1.29, 1.82) is 5.26 Å². The van der Waals surface area contributed by atoms with Crippen molar-refractivity contribution < 1.29 is 9.59 Å². The molecule has 0 saturated heterocycles. The lowest BCUT2D eigenvalue weighted by atomic mass is 10.1. The molecular formula is C25H16Cl5N3O2. The Morgan fingerprint density at radius 2 is 1.66 bits per heavy atom. The molecule has 0 aromatic heterocycles. The molecule has 2 N–H and O–H groups in total. The van der Waals surface area contributed by atoms with Gasteiger partial charge in [-0.15, -0.1) is 23.2 Å². The van der Waals surface area contributed by atoms with E-state index in [1.165, 1.54) is 12.1 Å². The van der Waals surface area contributed by atoms with Gasteiger partial charge in [-0.3, -0.25) is 9.59 Å². The fraction of sp³-hybridized carbons (Fsp3) is 0.160. The molecule has 0 bridgehead atoms.